The smallest absolute Gasteiger partial charge is 0.255 e. The summed E-state index contributed by atoms with van der Waals surface area (Å²) in [7, 11) is -4.13. The summed E-state index contributed by atoms with van der Waals surface area (Å²) in [6.07, 6.45) is -1.05. The van der Waals surface area contributed by atoms with Gasteiger partial charge in [-0.1, -0.05) is 18.5 Å². The van der Waals surface area contributed by atoms with Crippen LogP contribution in [0.2, 0.25) is 5.02 Å². The molecule has 0 radical (unpaired) electrons. The molecular formula is C29H32ClF3N2O7S. The predicted molar refractivity (Wildman–Crippen MR) is 149 cm³/mol. The van der Waals surface area contributed by atoms with Crippen molar-refractivity contribution >= 4 is 38.9 Å². The summed E-state index contributed by atoms with van der Waals surface area (Å²) in [5, 5.41) is 35.1. The third-order valence-corrected chi connectivity index (χ3v) is 12.0. The summed E-state index contributed by atoms with van der Waals surface area (Å²) in [4.78, 5) is 25.2. The maximum atomic E-state index is 13.9. The molecule has 3 saturated carbocycles. The average Bonchev–Trinajstić information content (AvgIpc) is 3.31. The molecule has 5 N–H and O–H groups in total. The SMILES string of the molecule is C[C@H]1CC2CC(S(=O)(=O)c3cc(C(=O)Nc4cc(F)c(F)c(F)c4)ccc3Cl)CC1[C@@]2(O)CNC(=O)C1CC(O)C(O)C1. The maximum absolute atomic E-state index is 13.9. The molecule has 3 aliphatic carbocycles. The lowest BCUT2D eigenvalue weighted by molar-refractivity contribution is -0.128. The van der Waals surface area contributed by atoms with Crippen molar-refractivity contribution in [3.8, 4) is 0 Å². The van der Waals surface area contributed by atoms with Gasteiger partial charge in [-0.05, 0) is 68.1 Å². The topological polar surface area (TPSA) is 153 Å². The van der Waals surface area contributed by atoms with E-state index in [1.165, 1.54) is 12.1 Å². The number of halogens is 4. The number of fused-ring (bicyclic) bond motifs is 2. The lowest BCUT2D eigenvalue weighted by atomic mass is 9.73. The maximum Gasteiger partial charge on any atom is 0.255 e. The zero-order valence-electron chi connectivity index (χ0n) is 23.1. The number of hydrogen-bond acceptors (Lipinski definition) is 7. The van der Waals surface area contributed by atoms with Crippen LogP contribution in [0.4, 0.5) is 18.9 Å². The van der Waals surface area contributed by atoms with Crippen LogP contribution in [0.3, 0.4) is 0 Å². The van der Waals surface area contributed by atoms with E-state index in [0.29, 0.717) is 18.6 Å². The second-order valence-corrected chi connectivity index (χ2v) is 14.6. The van der Waals surface area contributed by atoms with Crippen molar-refractivity contribution in [3.05, 3.63) is 58.4 Å². The van der Waals surface area contributed by atoms with Crippen LogP contribution in [-0.4, -0.2) is 65.2 Å². The van der Waals surface area contributed by atoms with Crippen molar-refractivity contribution in [1.29, 1.82) is 0 Å². The third-order valence-electron chi connectivity index (χ3n) is 9.35. The van der Waals surface area contributed by atoms with Crippen molar-refractivity contribution in [3.63, 3.8) is 0 Å². The molecule has 0 spiro atoms. The van der Waals surface area contributed by atoms with Crippen molar-refractivity contribution in [1.82, 2.24) is 5.32 Å². The number of aliphatic hydroxyl groups excluding tert-OH is 2. The lowest BCUT2D eigenvalue weighted by Crippen LogP contribution is -2.55. The Morgan fingerprint density at radius 1 is 1.00 bits per heavy atom. The predicted octanol–water partition coefficient (Wildman–Crippen LogP) is 3.20. The molecule has 43 heavy (non-hydrogen) atoms. The molecular weight excluding hydrogens is 613 g/mol. The summed E-state index contributed by atoms with van der Waals surface area (Å²) < 4.78 is 68.2. The standard InChI is InChI=1S/C29H32ClF3N2O7S/c1-13-4-16-8-18(11-19(13)29(16,40)12-34-27(38)15-5-23(36)24(37)6-15)43(41,42)25-7-14(2-3-20(25)30)28(39)35-17-9-21(31)26(33)22(32)10-17/h2-3,7,9-10,13,15-16,18-19,23-24,36-37,40H,4-6,8,11-12H2,1H3,(H,34,38)(H,35,39)/t13-,15?,16?,18?,19?,23?,24?,29+/m0/s1. The molecule has 2 aromatic rings. The average molecular weight is 645 g/mol. The van der Waals surface area contributed by atoms with Gasteiger partial charge in [-0.2, -0.15) is 0 Å². The highest BCUT2D eigenvalue weighted by molar-refractivity contribution is 7.92. The van der Waals surface area contributed by atoms with Crippen LogP contribution in [0.5, 0.6) is 0 Å². The van der Waals surface area contributed by atoms with Crippen LogP contribution in [-0.2, 0) is 14.6 Å². The monoisotopic (exact) mass is 644 g/mol. The minimum atomic E-state index is -4.13. The molecule has 9 nitrogen and oxygen atoms in total. The van der Waals surface area contributed by atoms with Gasteiger partial charge in [-0.25, -0.2) is 21.6 Å². The van der Waals surface area contributed by atoms with Crippen molar-refractivity contribution < 1.29 is 46.5 Å². The molecule has 2 amide bonds. The van der Waals surface area contributed by atoms with E-state index in [4.69, 9.17) is 11.6 Å². The largest absolute Gasteiger partial charge is 0.390 e. The van der Waals surface area contributed by atoms with Crippen LogP contribution in [0, 0.1) is 41.1 Å². The zero-order chi connectivity index (χ0) is 31.4. The number of sulfone groups is 1. The Bertz CT molecular complexity index is 1530. The van der Waals surface area contributed by atoms with E-state index in [2.05, 4.69) is 10.6 Å². The zero-order valence-corrected chi connectivity index (χ0v) is 24.6. The summed E-state index contributed by atoms with van der Waals surface area (Å²) >= 11 is 6.28. The molecule has 5 unspecified atom stereocenters. The van der Waals surface area contributed by atoms with Crippen molar-refractivity contribution in [2.75, 3.05) is 11.9 Å². The van der Waals surface area contributed by atoms with Crippen LogP contribution in [0.25, 0.3) is 0 Å². The normalized spacial score (nSPS) is 32.0. The first kappa shape index (κ1) is 31.7. The van der Waals surface area contributed by atoms with Gasteiger partial charge in [0.2, 0.25) is 5.91 Å². The molecule has 2 bridgehead atoms. The van der Waals surface area contributed by atoms with E-state index < -0.39 is 74.0 Å². The Morgan fingerprint density at radius 2 is 1.63 bits per heavy atom. The minimum absolute atomic E-state index is 0.0497. The second kappa shape index (κ2) is 11.7. The molecule has 0 aromatic heterocycles. The second-order valence-electron chi connectivity index (χ2n) is 12.0. The molecule has 0 heterocycles. The van der Waals surface area contributed by atoms with Crippen molar-refractivity contribution in [2.24, 2.45) is 23.7 Å². The number of benzene rings is 2. The van der Waals surface area contributed by atoms with Gasteiger partial charge in [0.05, 0.1) is 33.0 Å². The highest BCUT2D eigenvalue weighted by atomic mass is 35.5. The summed E-state index contributed by atoms with van der Waals surface area (Å²) in [5.74, 6) is -7.58. The van der Waals surface area contributed by atoms with Gasteiger partial charge in [0, 0.05) is 35.8 Å². The molecule has 3 aliphatic rings. The number of aliphatic hydroxyl groups is 3. The summed E-state index contributed by atoms with van der Waals surface area (Å²) in [6.45, 7) is 1.82. The van der Waals surface area contributed by atoms with Gasteiger partial charge in [-0.15, -0.1) is 0 Å². The third kappa shape index (κ3) is 5.89. The first-order valence-electron chi connectivity index (χ1n) is 14.0. The first-order valence-corrected chi connectivity index (χ1v) is 15.9. The van der Waals surface area contributed by atoms with Gasteiger partial charge in [0.25, 0.3) is 5.91 Å². The molecule has 14 heteroatoms. The summed E-state index contributed by atoms with van der Waals surface area (Å²) in [5.41, 5.74) is -1.89. The molecule has 0 aliphatic heterocycles. The number of anilines is 1. The Hall–Kier alpha value is -2.71. The van der Waals surface area contributed by atoms with Crippen LogP contribution < -0.4 is 10.6 Å². The van der Waals surface area contributed by atoms with E-state index in [1.54, 1.807) is 0 Å². The Morgan fingerprint density at radius 3 is 2.23 bits per heavy atom. The Kier molecular flexibility index (Phi) is 8.60. The minimum Gasteiger partial charge on any atom is -0.390 e. The lowest BCUT2D eigenvalue weighted by Gasteiger charge is -2.43. The van der Waals surface area contributed by atoms with E-state index >= 15 is 0 Å². The molecule has 234 valence electrons. The Balaban J connectivity index is 1.32. The number of amides is 2. The van der Waals surface area contributed by atoms with Crippen LogP contribution in [0.15, 0.2) is 35.2 Å². The fourth-order valence-electron chi connectivity index (χ4n) is 7.03. The number of rotatable bonds is 7. The van der Waals surface area contributed by atoms with E-state index in [9.17, 15) is 46.5 Å². The summed E-state index contributed by atoms with van der Waals surface area (Å²) in [6, 6.07) is 4.71. The molecule has 7 atom stereocenters. The molecule has 2 aromatic carbocycles. The van der Waals surface area contributed by atoms with Gasteiger partial charge in [-0.3, -0.25) is 9.59 Å². The molecule has 5 rings (SSSR count). The number of carbonyl (C=O) groups excluding carboxylic acids is 2. The highest BCUT2D eigenvalue weighted by Gasteiger charge is 2.58. The Labute approximate surface area is 251 Å². The van der Waals surface area contributed by atoms with E-state index in [1.807, 2.05) is 6.92 Å². The van der Waals surface area contributed by atoms with Gasteiger partial charge in [0.15, 0.2) is 27.3 Å². The van der Waals surface area contributed by atoms with Gasteiger partial charge < -0.3 is 26.0 Å². The number of hydrogen-bond donors (Lipinski definition) is 5. The molecule has 0 saturated heterocycles. The number of carbonyl (C=O) groups is 2. The van der Waals surface area contributed by atoms with E-state index in [0.717, 1.165) is 6.07 Å². The van der Waals surface area contributed by atoms with E-state index in [-0.39, 0.29) is 65.2 Å². The fraction of sp³-hybridized carbons (Fsp3) is 0.517. The number of nitrogens with one attached hydrogen (secondary N) is 2. The fourth-order valence-corrected chi connectivity index (χ4v) is 9.41. The quantitative estimate of drug-likeness (QED) is 0.290. The van der Waals surface area contributed by atoms with Gasteiger partial charge >= 0.3 is 0 Å². The highest BCUT2D eigenvalue weighted by Crippen LogP contribution is 2.54. The van der Waals surface area contributed by atoms with Crippen LogP contribution in [0.1, 0.15) is 49.4 Å². The first-order chi connectivity index (χ1) is 20.1. The van der Waals surface area contributed by atoms with Gasteiger partial charge in [0.1, 0.15) is 0 Å². The van der Waals surface area contributed by atoms with Crippen molar-refractivity contribution in [2.45, 2.75) is 67.0 Å². The molecule has 3 fully saturated rings. The van der Waals surface area contributed by atoms with Crippen LogP contribution >= 0.6 is 11.6 Å².